The lowest BCUT2D eigenvalue weighted by molar-refractivity contribution is -0.000311. The van der Waals surface area contributed by atoms with Crippen LogP contribution in [0.2, 0.25) is 0 Å². The third kappa shape index (κ3) is 2.25. The van der Waals surface area contributed by atoms with Crippen LogP contribution in [0.4, 0.5) is 0 Å². The smallest absolute Gasteiger partial charge is 0.244 e. The number of rotatable bonds is 2. The van der Waals surface area contributed by atoms with E-state index in [-0.39, 0.29) is 4.90 Å². The Balaban J connectivity index is 2.25. The van der Waals surface area contributed by atoms with Gasteiger partial charge in [0.15, 0.2) is 0 Å². The molecule has 1 fully saturated rings. The average Bonchev–Trinajstić information content (AvgIpc) is 2.75. The minimum atomic E-state index is -3.42. The molecule has 6 heteroatoms. The first-order valence-corrected chi connectivity index (χ1v) is 7.09. The average molecular weight is 258 g/mol. The molecule has 0 bridgehead atoms. The summed E-state index contributed by atoms with van der Waals surface area (Å²) in [6.45, 7) is 4.49. The largest absolute Gasteiger partial charge is 0.392 e. The Morgan fingerprint density at radius 1 is 1.53 bits per heavy atom. The lowest BCUT2D eigenvalue weighted by Gasteiger charge is -2.40. The van der Waals surface area contributed by atoms with Crippen molar-refractivity contribution < 1.29 is 13.5 Å². The summed E-state index contributed by atoms with van der Waals surface area (Å²) < 4.78 is 26.0. The van der Waals surface area contributed by atoms with Gasteiger partial charge in [-0.05, 0) is 12.5 Å². The Bertz CT molecular complexity index is 479. The van der Waals surface area contributed by atoms with Crippen LogP contribution in [0.5, 0.6) is 0 Å². The molecule has 0 radical (unpaired) electrons. The summed E-state index contributed by atoms with van der Waals surface area (Å²) >= 11 is 0. The molecule has 17 heavy (non-hydrogen) atoms. The Morgan fingerprint density at radius 2 is 2.24 bits per heavy atom. The van der Waals surface area contributed by atoms with Crippen molar-refractivity contribution in [1.82, 2.24) is 9.29 Å². The molecule has 96 valence electrons. The van der Waals surface area contributed by atoms with Gasteiger partial charge in [-0.2, -0.15) is 4.31 Å². The van der Waals surface area contributed by atoms with Gasteiger partial charge in [0.25, 0.3) is 0 Å². The third-order valence-electron chi connectivity index (χ3n) is 3.35. The molecule has 2 heterocycles. The van der Waals surface area contributed by atoms with Crippen LogP contribution in [-0.4, -0.2) is 42.0 Å². The molecule has 2 rings (SSSR count). The lowest BCUT2D eigenvalue weighted by Crippen LogP contribution is -2.50. The maximum absolute atomic E-state index is 12.3. The van der Waals surface area contributed by atoms with Crippen molar-refractivity contribution in [2.75, 3.05) is 13.1 Å². The normalized spacial score (nSPS) is 25.9. The Labute approximate surface area is 102 Å². The maximum Gasteiger partial charge on any atom is 0.244 e. The van der Waals surface area contributed by atoms with Crippen molar-refractivity contribution in [2.45, 2.75) is 31.3 Å². The molecule has 0 amide bonds. The van der Waals surface area contributed by atoms with Crippen molar-refractivity contribution in [3.05, 3.63) is 18.5 Å². The van der Waals surface area contributed by atoms with E-state index in [1.165, 1.54) is 10.5 Å². The summed E-state index contributed by atoms with van der Waals surface area (Å²) in [5.41, 5.74) is -0.401. The minimum Gasteiger partial charge on any atom is -0.392 e. The molecule has 0 aliphatic carbocycles. The van der Waals surface area contributed by atoms with Crippen molar-refractivity contribution in [3.63, 3.8) is 0 Å². The molecular weight excluding hydrogens is 240 g/mol. The van der Waals surface area contributed by atoms with Gasteiger partial charge < -0.3 is 10.1 Å². The van der Waals surface area contributed by atoms with E-state index in [0.29, 0.717) is 19.5 Å². The Morgan fingerprint density at radius 3 is 2.76 bits per heavy atom. The van der Waals surface area contributed by atoms with Gasteiger partial charge in [0.1, 0.15) is 0 Å². The Kier molecular flexibility index (Phi) is 3.05. The highest BCUT2D eigenvalue weighted by Crippen LogP contribution is 2.32. The molecule has 1 aromatic rings. The zero-order valence-corrected chi connectivity index (χ0v) is 10.9. The molecule has 1 unspecified atom stereocenters. The van der Waals surface area contributed by atoms with Crippen LogP contribution >= 0.6 is 0 Å². The zero-order chi connectivity index (χ0) is 12.7. The molecular formula is C11H18N2O3S. The van der Waals surface area contributed by atoms with E-state index < -0.39 is 21.5 Å². The van der Waals surface area contributed by atoms with Crippen molar-refractivity contribution in [3.8, 4) is 0 Å². The molecule has 1 aromatic heterocycles. The zero-order valence-electron chi connectivity index (χ0n) is 10.0. The van der Waals surface area contributed by atoms with Crippen LogP contribution in [0, 0.1) is 5.41 Å². The molecule has 0 saturated carbocycles. The first-order valence-electron chi connectivity index (χ1n) is 5.65. The van der Waals surface area contributed by atoms with Crippen molar-refractivity contribution in [2.24, 2.45) is 5.41 Å². The second-order valence-electron chi connectivity index (χ2n) is 5.18. The number of nitrogens with zero attached hydrogens (tertiary/aromatic N) is 1. The topological polar surface area (TPSA) is 73.4 Å². The highest BCUT2D eigenvalue weighted by Gasteiger charge is 2.39. The number of aliphatic hydroxyl groups is 1. The monoisotopic (exact) mass is 258 g/mol. The summed E-state index contributed by atoms with van der Waals surface area (Å²) in [4.78, 5) is 3.03. The fourth-order valence-corrected chi connectivity index (χ4v) is 3.72. The van der Waals surface area contributed by atoms with Crippen LogP contribution in [0.15, 0.2) is 23.4 Å². The number of hydrogen-bond donors (Lipinski definition) is 2. The van der Waals surface area contributed by atoms with E-state index in [1.54, 1.807) is 12.3 Å². The SMILES string of the molecule is CC1(C)CN(S(=O)(=O)c2cc[nH]c2)CCC1O. The lowest BCUT2D eigenvalue weighted by atomic mass is 9.82. The quantitative estimate of drug-likeness (QED) is 0.824. The van der Waals surface area contributed by atoms with Gasteiger partial charge in [-0.1, -0.05) is 13.8 Å². The van der Waals surface area contributed by atoms with Gasteiger partial charge >= 0.3 is 0 Å². The number of aliphatic hydroxyl groups excluding tert-OH is 1. The van der Waals surface area contributed by atoms with E-state index in [4.69, 9.17) is 0 Å². The minimum absolute atomic E-state index is 0.282. The van der Waals surface area contributed by atoms with Gasteiger partial charge in [0, 0.05) is 30.9 Å². The predicted molar refractivity (Wildman–Crippen MR) is 64.0 cm³/mol. The first-order chi connectivity index (χ1) is 7.84. The second kappa shape index (κ2) is 4.12. The van der Waals surface area contributed by atoms with Gasteiger partial charge in [0.2, 0.25) is 10.0 Å². The van der Waals surface area contributed by atoms with E-state index in [0.717, 1.165) is 0 Å². The molecule has 1 aliphatic heterocycles. The predicted octanol–water partition coefficient (Wildman–Crippen LogP) is 0.796. The van der Waals surface area contributed by atoms with E-state index in [1.807, 2.05) is 13.8 Å². The van der Waals surface area contributed by atoms with Crippen LogP contribution in [0.1, 0.15) is 20.3 Å². The molecule has 1 atom stereocenters. The number of piperidine rings is 1. The number of aromatic nitrogens is 1. The van der Waals surface area contributed by atoms with Gasteiger partial charge in [-0.25, -0.2) is 8.42 Å². The summed E-state index contributed by atoms with van der Waals surface area (Å²) in [7, 11) is -3.42. The summed E-state index contributed by atoms with van der Waals surface area (Å²) in [5.74, 6) is 0. The fraction of sp³-hybridized carbons (Fsp3) is 0.636. The fourth-order valence-electron chi connectivity index (χ4n) is 2.12. The summed E-state index contributed by atoms with van der Waals surface area (Å²) in [6.07, 6.45) is 3.11. The van der Waals surface area contributed by atoms with Gasteiger partial charge in [0.05, 0.1) is 11.0 Å². The van der Waals surface area contributed by atoms with E-state index in [9.17, 15) is 13.5 Å². The van der Waals surface area contributed by atoms with Gasteiger partial charge in [-0.3, -0.25) is 0 Å². The second-order valence-corrected chi connectivity index (χ2v) is 7.12. The highest BCUT2D eigenvalue weighted by molar-refractivity contribution is 7.89. The van der Waals surface area contributed by atoms with Crippen LogP contribution in [-0.2, 0) is 10.0 Å². The van der Waals surface area contributed by atoms with E-state index >= 15 is 0 Å². The molecule has 0 aromatic carbocycles. The summed E-state index contributed by atoms with van der Waals surface area (Å²) in [5, 5.41) is 9.82. The maximum atomic E-state index is 12.3. The van der Waals surface area contributed by atoms with Crippen LogP contribution in [0.25, 0.3) is 0 Å². The molecule has 1 saturated heterocycles. The Hall–Kier alpha value is -0.850. The number of nitrogens with one attached hydrogen (secondary N) is 1. The molecule has 0 spiro atoms. The molecule has 1 aliphatic rings. The van der Waals surface area contributed by atoms with Crippen LogP contribution in [0.3, 0.4) is 0 Å². The highest BCUT2D eigenvalue weighted by atomic mass is 32.2. The standard InChI is InChI=1S/C11H18N2O3S/c1-11(2)8-13(6-4-10(11)14)17(15,16)9-3-5-12-7-9/h3,5,7,10,12,14H,4,6,8H2,1-2H3. The van der Waals surface area contributed by atoms with Crippen molar-refractivity contribution >= 4 is 10.0 Å². The number of H-pyrrole nitrogens is 1. The molecule has 5 nitrogen and oxygen atoms in total. The van der Waals surface area contributed by atoms with E-state index in [2.05, 4.69) is 4.98 Å². The molecule has 2 N–H and O–H groups in total. The number of aromatic amines is 1. The third-order valence-corrected chi connectivity index (χ3v) is 5.19. The number of hydrogen-bond acceptors (Lipinski definition) is 3. The summed E-state index contributed by atoms with van der Waals surface area (Å²) in [6, 6.07) is 1.55. The first kappa shape index (κ1) is 12.6. The number of sulfonamides is 1. The van der Waals surface area contributed by atoms with Gasteiger partial charge in [-0.15, -0.1) is 0 Å². The van der Waals surface area contributed by atoms with Crippen LogP contribution < -0.4 is 0 Å². The van der Waals surface area contributed by atoms with Crippen molar-refractivity contribution in [1.29, 1.82) is 0 Å².